The van der Waals surface area contributed by atoms with Gasteiger partial charge < -0.3 is 15.0 Å². The van der Waals surface area contributed by atoms with Crippen molar-refractivity contribution < 1.29 is 4.74 Å². The Labute approximate surface area is 132 Å². The summed E-state index contributed by atoms with van der Waals surface area (Å²) in [5.41, 5.74) is 1.07. The van der Waals surface area contributed by atoms with Crippen molar-refractivity contribution in [2.45, 2.75) is 32.9 Å². The van der Waals surface area contributed by atoms with Crippen LogP contribution in [0.25, 0.3) is 0 Å². The van der Waals surface area contributed by atoms with E-state index in [2.05, 4.69) is 24.3 Å². The molecule has 0 fully saturated rings. The standard InChI is InChI=1S/C15H24Cl2N2O/c1-11(2)20-15-13(16)8-12(9-14(15)17)10-18-6-5-7-19(3)4/h8-9,11,18H,5-7,10H2,1-4H3. The molecule has 0 aromatic heterocycles. The van der Waals surface area contributed by atoms with E-state index in [1.807, 2.05) is 26.0 Å². The van der Waals surface area contributed by atoms with Crippen LogP contribution in [0, 0.1) is 0 Å². The Balaban J connectivity index is 2.52. The quantitative estimate of drug-likeness (QED) is 0.737. The predicted octanol–water partition coefficient (Wildman–Crippen LogP) is 3.82. The molecule has 20 heavy (non-hydrogen) atoms. The molecule has 0 aliphatic rings. The average Bonchev–Trinajstić information content (AvgIpc) is 2.33. The zero-order valence-electron chi connectivity index (χ0n) is 12.7. The van der Waals surface area contributed by atoms with Gasteiger partial charge in [0.1, 0.15) is 0 Å². The molecule has 0 amide bonds. The van der Waals surface area contributed by atoms with Crippen LogP contribution >= 0.6 is 23.2 Å². The van der Waals surface area contributed by atoms with Crippen LogP contribution in [0.2, 0.25) is 10.0 Å². The highest BCUT2D eigenvalue weighted by molar-refractivity contribution is 6.37. The molecule has 0 aliphatic carbocycles. The van der Waals surface area contributed by atoms with Gasteiger partial charge in [-0.3, -0.25) is 0 Å². The number of benzene rings is 1. The van der Waals surface area contributed by atoms with E-state index in [0.717, 1.165) is 31.6 Å². The Morgan fingerprint density at radius 3 is 2.30 bits per heavy atom. The molecule has 3 nitrogen and oxygen atoms in total. The van der Waals surface area contributed by atoms with E-state index in [1.54, 1.807) is 0 Å². The third kappa shape index (κ3) is 6.31. The lowest BCUT2D eigenvalue weighted by atomic mass is 10.2. The Morgan fingerprint density at radius 2 is 1.80 bits per heavy atom. The maximum atomic E-state index is 6.22. The lowest BCUT2D eigenvalue weighted by Crippen LogP contribution is -2.21. The molecule has 0 radical (unpaired) electrons. The van der Waals surface area contributed by atoms with Gasteiger partial charge in [0.2, 0.25) is 0 Å². The first-order chi connectivity index (χ1) is 9.40. The monoisotopic (exact) mass is 318 g/mol. The van der Waals surface area contributed by atoms with Crippen molar-refractivity contribution in [2.24, 2.45) is 0 Å². The van der Waals surface area contributed by atoms with Crippen LogP contribution in [0.1, 0.15) is 25.8 Å². The summed E-state index contributed by atoms with van der Waals surface area (Å²) in [4.78, 5) is 2.17. The highest BCUT2D eigenvalue weighted by atomic mass is 35.5. The van der Waals surface area contributed by atoms with Crippen molar-refractivity contribution in [3.63, 3.8) is 0 Å². The number of hydrogen-bond acceptors (Lipinski definition) is 3. The minimum Gasteiger partial charge on any atom is -0.488 e. The van der Waals surface area contributed by atoms with Gasteiger partial charge in [0.25, 0.3) is 0 Å². The van der Waals surface area contributed by atoms with Gasteiger partial charge in [0, 0.05) is 6.54 Å². The van der Waals surface area contributed by atoms with Crippen LogP contribution in [0.4, 0.5) is 0 Å². The second kappa shape index (κ2) is 8.73. The molecule has 1 aromatic carbocycles. The molecule has 1 rings (SSSR count). The predicted molar refractivity (Wildman–Crippen MR) is 87.1 cm³/mol. The van der Waals surface area contributed by atoms with Crippen LogP contribution in [-0.2, 0) is 6.54 Å². The number of halogens is 2. The van der Waals surface area contributed by atoms with Gasteiger partial charge in [-0.15, -0.1) is 0 Å². The van der Waals surface area contributed by atoms with Crippen molar-refractivity contribution in [2.75, 3.05) is 27.2 Å². The van der Waals surface area contributed by atoms with Crippen LogP contribution < -0.4 is 10.1 Å². The fraction of sp³-hybridized carbons (Fsp3) is 0.600. The van der Waals surface area contributed by atoms with E-state index in [-0.39, 0.29) is 6.10 Å². The summed E-state index contributed by atoms with van der Waals surface area (Å²) in [5.74, 6) is 0.569. The molecule has 0 bridgehead atoms. The summed E-state index contributed by atoms with van der Waals surface area (Å²) in [6.07, 6.45) is 1.17. The maximum Gasteiger partial charge on any atom is 0.156 e. The maximum absolute atomic E-state index is 6.22. The van der Waals surface area contributed by atoms with Crippen LogP contribution in [0.3, 0.4) is 0 Å². The van der Waals surface area contributed by atoms with Crippen LogP contribution in [0.15, 0.2) is 12.1 Å². The first kappa shape index (κ1) is 17.6. The van der Waals surface area contributed by atoms with Crippen molar-refractivity contribution in [1.82, 2.24) is 10.2 Å². The summed E-state index contributed by atoms with van der Waals surface area (Å²) in [6.45, 7) is 6.71. The normalized spacial score (nSPS) is 11.4. The minimum absolute atomic E-state index is 0.0556. The number of nitrogens with one attached hydrogen (secondary N) is 1. The van der Waals surface area contributed by atoms with Crippen LogP contribution in [0.5, 0.6) is 5.75 Å². The third-order valence-electron chi connectivity index (χ3n) is 2.70. The lowest BCUT2D eigenvalue weighted by Gasteiger charge is -2.15. The molecule has 5 heteroatoms. The van der Waals surface area contributed by atoms with Crippen molar-refractivity contribution in [3.05, 3.63) is 27.7 Å². The number of nitrogens with zero attached hydrogens (tertiary/aromatic N) is 1. The number of rotatable bonds is 8. The average molecular weight is 319 g/mol. The molecule has 0 atom stereocenters. The Hall–Kier alpha value is -0.480. The molecular formula is C15H24Cl2N2O. The second-order valence-electron chi connectivity index (χ2n) is 5.39. The smallest absolute Gasteiger partial charge is 0.156 e. The minimum atomic E-state index is 0.0556. The van der Waals surface area contributed by atoms with Gasteiger partial charge >= 0.3 is 0 Å². The third-order valence-corrected chi connectivity index (χ3v) is 3.26. The second-order valence-corrected chi connectivity index (χ2v) is 6.20. The van der Waals surface area contributed by atoms with Crippen LogP contribution in [-0.4, -0.2) is 38.2 Å². The molecule has 0 heterocycles. The van der Waals surface area contributed by atoms with Crippen molar-refractivity contribution in [1.29, 1.82) is 0 Å². The number of hydrogen-bond donors (Lipinski definition) is 1. The fourth-order valence-corrected chi connectivity index (χ4v) is 2.44. The van der Waals surface area contributed by atoms with Gasteiger partial charge in [-0.25, -0.2) is 0 Å². The number of ether oxygens (including phenoxy) is 1. The SMILES string of the molecule is CC(C)Oc1c(Cl)cc(CNCCCN(C)C)cc1Cl. The Morgan fingerprint density at radius 1 is 1.20 bits per heavy atom. The zero-order valence-corrected chi connectivity index (χ0v) is 14.2. The molecule has 0 saturated heterocycles. The van der Waals surface area contributed by atoms with E-state index in [0.29, 0.717) is 15.8 Å². The summed E-state index contributed by atoms with van der Waals surface area (Å²) in [7, 11) is 4.15. The molecule has 1 aromatic rings. The zero-order chi connectivity index (χ0) is 15.1. The lowest BCUT2D eigenvalue weighted by molar-refractivity contribution is 0.242. The summed E-state index contributed by atoms with van der Waals surface area (Å²) in [6, 6.07) is 3.81. The Kier molecular flexibility index (Phi) is 7.67. The van der Waals surface area contributed by atoms with E-state index >= 15 is 0 Å². The van der Waals surface area contributed by atoms with Gasteiger partial charge in [-0.05, 0) is 65.1 Å². The van der Waals surface area contributed by atoms with Crippen molar-refractivity contribution >= 4 is 23.2 Å². The van der Waals surface area contributed by atoms with E-state index in [9.17, 15) is 0 Å². The highest BCUT2D eigenvalue weighted by Gasteiger charge is 2.11. The van der Waals surface area contributed by atoms with E-state index in [4.69, 9.17) is 27.9 Å². The molecule has 0 saturated carbocycles. The van der Waals surface area contributed by atoms with Gasteiger partial charge in [-0.2, -0.15) is 0 Å². The molecule has 0 spiro atoms. The van der Waals surface area contributed by atoms with E-state index in [1.165, 1.54) is 0 Å². The van der Waals surface area contributed by atoms with Gasteiger partial charge in [-0.1, -0.05) is 23.2 Å². The summed E-state index contributed by atoms with van der Waals surface area (Å²) >= 11 is 12.4. The molecular weight excluding hydrogens is 295 g/mol. The van der Waals surface area contributed by atoms with Gasteiger partial charge in [0.15, 0.2) is 5.75 Å². The molecule has 0 unspecified atom stereocenters. The topological polar surface area (TPSA) is 24.5 Å². The highest BCUT2D eigenvalue weighted by Crippen LogP contribution is 2.34. The molecule has 0 aliphatic heterocycles. The first-order valence-corrected chi connectivity index (χ1v) is 7.65. The summed E-state index contributed by atoms with van der Waals surface area (Å²) < 4.78 is 5.61. The Bertz CT molecular complexity index is 399. The first-order valence-electron chi connectivity index (χ1n) is 6.90. The van der Waals surface area contributed by atoms with Crippen molar-refractivity contribution in [3.8, 4) is 5.75 Å². The fourth-order valence-electron chi connectivity index (χ4n) is 1.82. The van der Waals surface area contributed by atoms with E-state index < -0.39 is 0 Å². The van der Waals surface area contributed by atoms with Gasteiger partial charge in [0.05, 0.1) is 16.1 Å². The molecule has 114 valence electrons. The summed E-state index contributed by atoms with van der Waals surface area (Å²) in [5, 5.41) is 4.52. The largest absolute Gasteiger partial charge is 0.488 e. The molecule has 1 N–H and O–H groups in total.